The maximum absolute atomic E-state index is 9.62. The van der Waals surface area contributed by atoms with Crippen LogP contribution in [0.25, 0.3) is 0 Å². The van der Waals surface area contributed by atoms with Gasteiger partial charge in [0, 0.05) is 18.8 Å². The van der Waals surface area contributed by atoms with Crippen LogP contribution in [0.3, 0.4) is 0 Å². The van der Waals surface area contributed by atoms with Crippen LogP contribution in [0.4, 0.5) is 0 Å². The zero-order valence-corrected chi connectivity index (χ0v) is 14.4. The van der Waals surface area contributed by atoms with Crippen molar-refractivity contribution in [2.45, 2.75) is 38.6 Å². The van der Waals surface area contributed by atoms with Crippen molar-refractivity contribution in [3.8, 4) is 5.75 Å². The van der Waals surface area contributed by atoms with Crippen LogP contribution < -0.4 is 0 Å². The number of aromatic hydroxyl groups is 1. The number of fused-ring (bicyclic) bond motifs is 1. The van der Waals surface area contributed by atoms with E-state index in [0.29, 0.717) is 5.69 Å². The fourth-order valence-electron chi connectivity index (χ4n) is 3.36. The molecule has 0 aliphatic carbocycles. The fraction of sp³-hybridized carbons (Fsp3) is 0.400. The summed E-state index contributed by atoms with van der Waals surface area (Å²) >= 11 is 0. The van der Waals surface area contributed by atoms with Crippen LogP contribution in [0.2, 0.25) is 0 Å². The molecule has 2 heterocycles. The van der Waals surface area contributed by atoms with Crippen molar-refractivity contribution < 1.29 is 10.3 Å². The van der Waals surface area contributed by atoms with E-state index in [2.05, 4.69) is 39.3 Å². The van der Waals surface area contributed by atoms with Gasteiger partial charge in [0.25, 0.3) is 0 Å². The molecular formula is C20H25N3O2. The second kappa shape index (κ2) is 8.62. The van der Waals surface area contributed by atoms with Gasteiger partial charge in [0.15, 0.2) is 0 Å². The summed E-state index contributed by atoms with van der Waals surface area (Å²) in [4.78, 5) is 6.84. The molecule has 5 heteroatoms. The van der Waals surface area contributed by atoms with Crippen LogP contribution in [0, 0.1) is 0 Å². The molecule has 0 fully saturated rings. The Kier molecular flexibility index (Phi) is 6.01. The molecule has 5 nitrogen and oxygen atoms in total. The molecule has 1 aliphatic rings. The molecule has 2 N–H and O–H groups in total. The van der Waals surface area contributed by atoms with E-state index in [-0.39, 0.29) is 5.75 Å². The predicted molar refractivity (Wildman–Crippen MR) is 98.3 cm³/mol. The van der Waals surface area contributed by atoms with Gasteiger partial charge in [0.2, 0.25) is 0 Å². The van der Waals surface area contributed by atoms with Crippen molar-refractivity contribution in [3.05, 3.63) is 58.9 Å². The number of benzene rings is 1. The van der Waals surface area contributed by atoms with Crippen molar-refractivity contribution in [1.29, 1.82) is 0 Å². The minimum atomic E-state index is 0.0342. The molecule has 0 spiro atoms. The third kappa shape index (κ3) is 4.79. The summed E-state index contributed by atoms with van der Waals surface area (Å²) in [5.74, 6) is 0.0342. The highest BCUT2D eigenvalue weighted by Crippen LogP contribution is 2.19. The first-order valence-corrected chi connectivity index (χ1v) is 8.92. The van der Waals surface area contributed by atoms with Gasteiger partial charge in [-0.05, 0) is 55.5 Å². The van der Waals surface area contributed by atoms with Gasteiger partial charge in [-0.2, -0.15) is 0 Å². The monoisotopic (exact) mass is 339 g/mol. The second-order valence-electron chi connectivity index (χ2n) is 6.56. The lowest BCUT2D eigenvalue weighted by Gasteiger charge is -2.28. The molecule has 0 radical (unpaired) electrons. The van der Waals surface area contributed by atoms with Gasteiger partial charge in [-0.1, -0.05) is 35.8 Å². The SMILES string of the molecule is O/N=C/c1nc(CCCCCN2CCc3ccccc3C2)ccc1O. The van der Waals surface area contributed by atoms with E-state index in [0.717, 1.165) is 57.2 Å². The lowest BCUT2D eigenvalue weighted by molar-refractivity contribution is 0.248. The molecule has 0 saturated carbocycles. The van der Waals surface area contributed by atoms with E-state index in [1.165, 1.54) is 17.5 Å². The Labute approximate surface area is 148 Å². The Hall–Kier alpha value is -2.40. The summed E-state index contributed by atoms with van der Waals surface area (Å²) in [5.41, 5.74) is 4.20. The Morgan fingerprint density at radius 2 is 1.92 bits per heavy atom. The van der Waals surface area contributed by atoms with E-state index in [9.17, 15) is 5.11 Å². The van der Waals surface area contributed by atoms with Crippen LogP contribution in [0.1, 0.15) is 41.8 Å². The zero-order chi connectivity index (χ0) is 17.5. The number of unbranched alkanes of at least 4 members (excludes halogenated alkanes) is 2. The van der Waals surface area contributed by atoms with Gasteiger partial charge in [-0.25, -0.2) is 4.98 Å². The smallest absolute Gasteiger partial charge is 0.142 e. The van der Waals surface area contributed by atoms with E-state index < -0.39 is 0 Å². The minimum Gasteiger partial charge on any atom is -0.506 e. The van der Waals surface area contributed by atoms with Crippen LogP contribution in [0.15, 0.2) is 41.6 Å². The quantitative estimate of drug-likeness (QED) is 0.351. The molecule has 1 aromatic carbocycles. The molecule has 1 aromatic heterocycles. The number of oxime groups is 1. The third-order valence-corrected chi connectivity index (χ3v) is 4.76. The highest BCUT2D eigenvalue weighted by atomic mass is 16.4. The first kappa shape index (κ1) is 17.4. The molecule has 0 bridgehead atoms. The Morgan fingerprint density at radius 3 is 2.76 bits per heavy atom. The second-order valence-corrected chi connectivity index (χ2v) is 6.56. The number of nitrogens with zero attached hydrogens (tertiary/aromatic N) is 3. The molecule has 2 aromatic rings. The molecule has 3 rings (SSSR count). The van der Waals surface area contributed by atoms with E-state index in [4.69, 9.17) is 5.21 Å². The molecule has 132 valence electrons. The van der Waals surface area contributed by atoms with Gasteiger partial charge < -0.3 is 10.3 Å². The highest BCUT2D eigenvalue weighted by Gasteiger charge is 2.14. The molecule has 0 saturated heterocycles. The molecule has 0 amide bonds. The van der Waals surface area contributed by atoms with Crippen LogP contribution in [-0.4, -0.2) is 39.5 Å². The van der Waals surface area contributed by atoms with Gasteiger partial charge in [0.05, 0.1) is 6.21 Å². The maximum Gasteiger partial charge on any atom is 0.142 e. The topological polar surface area (TPSA) is 69.0 Å². The highest BCUT2D eigenvalue weighted by molar-refractivity contribution is 5.80. The van der Waals surface area contributed by atoms with Gasteiger partial charge >= 0.3 is 0 Å². The normalized spacial score (nSPS) is 14.7. The molecule has 0 unspecified atom stereocenters. The van der Waals surface area contributed by atoms with Crippen molar-refractivity contribution in [2.75, 3.05) is 13.1 Å². The molecule has 0 atom stereocenters. The van der Waals surface area contributed by atoms with Gasteiger partial charge in [-0.15, -0.1) is 0 Å². The molecule has 1 aliphatic heterocycles. The summed E-state index contributed by atoms with van der Waals surface area (Å²) in [6.07, 6.45) is 6.60. The first-order chi connectivity index (χ1) is 12.3. The average Bonchev–Trinajstić information content (AvgIpc) is 2.64. The van der Waals surface area contributed by atoms with Gasteiger partial charge in [0.1, 0.15) is 11.4 Å². The number of aryl methyl sites for hydroxylation is 1. The largest absolute Gasteiger partial charge is 0.506 e. The Morgan fingerprint density at radius 1 is 1.08 bits per heavy atom. The summed E-state index contributed by atoms with van der Waals surface area (Å²) < 4.78 is 0. The number of aromatic nitrogens is 1. The standard InChI is InChI=1S/C20H25N3O2/c24-20-10-9-18(22-19(20)14-21-25)8-2-1-5-12-23-13-11-16-6-3-4-7-17(16)15-23/h3-4,6-7,9-10,14,24-25H,1-2,5,8,11-13,15H2/b21-14+. The van der Waals surface area contributed by atoms with Crippen molar-refractivity contribution in [2.24, 2.45) is 5.16 Å². The summed E-state index contributed by atoms with van der Waals surface area (Å²) in [7, 11) is 0. The Balaban J connectivity index is 1.39. The van der Waals surface area contributed by atoms with E-state index in [1.807, 2.05) is 6.07 Å². The zero-order valence-electron chi connectivity index (χ0n) is 14.4. The van der Waals surface area contributed by atoms with Crippen LogP contribution in [0.5, 0.6) is 5.75 Å². The van der Waals surface area contributed by atoms with Crippen LogP contribution >= 0.6 is 0 Å². The lowest BCUT2D eigenvalue weighted by Crippen LogP contribution is -2.31. The molecular weight excluding hydrogens is 314 g/mol. The Bertz CT molecular complexity index is 731. The first-order valence-electron chi connectivity index (χ1n) is 8.92. The molecule has 25 heavy (non-hydrogen) atoms. The summed E-state index contributed by atoms with van der Waals surface area (Å²) in [6.45, 7) is 3.36. The van der Waals surface area contributed by atoms with Gasteiger partial charge in [-0.3, -0.25) is 4.90 Å². The maximum atomic E-state index is 9.62. The van der Waals surface area contributed by atoms with E-state index in [1.54, 1.807) is 6.07 Å². The number of hydrogen-bond donors (Lipinski definition) is 2. The lowest BCUT2D eigenvalue weighted by atomic mass is 9.99. The van der Waals surface area contributed by atoms with Crippen LogP contribution in [-0.2, 0) is 19.4 Å². The third-order valence-electron chi connectivity index (χ3n) is 4.76. The summed E-state index contributed by atoms with van der Waals surface area (Å²) in [5, 5.41) is 21.1. The average molecular weight is 339 g/mol. The number of rotatable bonds is 7. The summed E-state index contributed by atoms with van der Waals surface area (Å²) in [6, 6.07) is 12.2. The minimum absolute atomic E-state index is 0.0342. The van der Waals surface area contributed by atoms with Crippen molar-refractivity contribution >= 4 is 6.21 Å². The number of hydrogen-bond acceptors (Lipinski definition) is 5. The number of pyridine rings is 1. The van der Waals surface area contributed by atoms with E-state index >= 15 is 0 Å². The van der Waals surface area contributed by atoms with Crippen molar-refractivity contribution in [1.82, 2.24) is 9.88 Å². The van der Waals surface area contributed by atoms with Crippen molar-refractivity contribution in [3.63, 3.8) is 0 Å². The fourth-order valence-corrected chi connectivity index (χ4v) is 3.36. The predicted octanol–water partition coefficient (Wildman–Crippen LogP) is 3.37.